The van der Waals surface area contributed by atoms with Crippen LogP contribution in [0.3, 0.4) is 0 Å². The largest absolute Gasteiger partial charge is 0.497 e. The lowest BCUT2D eigenvalue weighted by atomic mass is 10.3. The number of nitrogens with zero attached hydrogens (tertiary/aromatic N) is 3. The molecule has 0 radical (unpaired) electrons. The van der Waals surface area contributed by atoms with Gasteiger partial charge in [0.25, 0.3) is 0 Å². The van der Waals surface area contributed by atoms with Crippen LogP contribution in [0.4, 0.5) is 17.6 Å². The number of anilines is 3. The van der Waals surface area contributed by atoms with Crippen LogP contribution in [0, 0.1) is 0 Å². The highest BCUT2D eigenvalue weighted by Gasteiger charge is 2.07. The van der Waals surface area contributed by atoms with Gasteiger partial charge in [-0.25, -0.2) is 0 Å². The van der Waals surface area contributed by atoms with Crippen LogP contribution in [-0.4, -0.2) is 36.3 Å². The molecular formula is C12H15N5O3. The minimum atomic E-state index is 0.0641. The lowest BCUT2D eigenvalue weighted by molar-refractivity contribution is 0.380. The van der Waals surface area contributed by atoms with E-state index >= 15 is 0 Å². The van der Waals surface area contributed by atoms with E-state index in [1.54, 1.807) is 32.4 Å². The summed E-state index contributed by atoms with van der Waals surface area (Å²) >= 11 is 0. The molecule has 1 aromatic heterocycles. The normalized spacial score (nSPS) is 9.95. The second kappa shape index (κ2) is 5.91. The fraction of sp³-hybridized carbons (Fsp3) is 0.250. The van der Waals surface area contributed by atoms with Crippen molar-refractivity contribution in [2.24, 2.45) is 0 Å². The van der Waals surface area contributed by atoms with E-state index in [1.165, 1.54) is 7.11 Å². The van der Waals surface area contributed by atoms with Crippen molar-refractivity contribution in [3.8, 4) is 17.5 Å². The molecule has 0 amide bonds. The average molecular weight is 277 g/mol. The van der Waals surface area contributed by atoms with Gasteiger partial charge in [0.15, 0.2) is 0 Å². The first-order chi connectivity index (χ1) is 9.64. The standard InChI is InChI=1S/C12H15N5O3/c1-18-8-4-7(5-9(6-8)19-2)14-11-15-10(13)16-12(17-11)20-3/h4-6H,1-3H3,(H3,13,14,15,16,17). The summed E-state index contributed by atoms with van der Waals surface area (Å²) in [5.74, 6) is 1.61. The zero-order valence-electron chi connectivity index (χ0n) is 11.4. The third kappa shape index (κ3) is 3.16. The van der Waals surface area contributed by atoms with Gasteiger partial charge >= 0.3 is 6.01 Å². The number of rotatable bonds is 5. The molecule has 8 nitrogen and oxygen atoms in total. The Hall–Kier alpha value is -2.77. The minimum Gasteiger partial charge on any atom is -0.497 e. The highest BCUT2D eigenvalue weighted by molar-refractivity contribution is 5.59. The molecule has 2 aromatic rings. The lowest BCUT2D eigenvalue weighted by Crippen LogP contribution is -2.05. The van der Waals surface area contributed by atoms with E-state index in [1.807, 2.05) is 0 Å². The SMILES string of the molecule is COc1cc(Nc2nc(N)nc(OC)n2)cc(OC)c1. The first-order valence-corrected chi connectivity index (χ1v) is 5.70. The van der Waals surface area contributed by atoms with E-state index < -0.39 is 0 Å². The third-order valence-electron chi connectivity index (χ3n) is 2.42. The molecule has 0 spiro atoms. The van der Waals surface area contributed by atoms with Crippen molar-refractivity contribution < 1.29 is 14.2 Å². The number of nitrogens with one attached hydrogen (secondary N) is 1. The monoisotopic (exact) mass is 277 g/mol. The van der Waals surface area contributed by atoms with Gasteiger partial charge in [-0.3, -0.25) is 0 Å². The maximum Gasteiger partial charge on any atom is 0.322 e. The Bertz CT molecular complexity index is 583. The Balaban J connectivity index is 2.31. The molecule has 0 saturated heterocycles. The smallest absolute Gasteiger partial charge is 0.322 e. The van der Waals surface area contributed by atoms with E-state index in [9.17, 15) is 0 Å². The summed E-state index contributed by atoms with van der Waals surface area (Å²) in [5, 5.41) is 2.99. The molecule has 106 valence electrons. The molecule has 8 heteroatoms. The first kappa shape index (κ1) is 13.7. The number of aromatic nitrogens is 3. The molecule has 0 aliphatic heterocycles. The van der Waals surface area contributed by atoms with Gasteiger partial charge in [-0.2, -0.15) is 15.0 Å². The number of ether oxygens (including phenoxy) is 3. The molecule has 3 N–H and O–H groups in total. The van der Waals surface area contributed by atoms with Crippen molar-refractivity contribution in [2.45, 2.75) is 0 Å². The summed E-state index contributed by atoms with van der Waals surface area (Å²) in [5.41, 5.74) is 6.26. The van der Waals surface area contributed by atoms with Crippen LogP contribution >= 0.6 is 0 Å². The maximum absolute atomic E-state index is 5.57. The zero-order chi connectivity index (χ0) is 14.5. The van der Waals surface area contributed by atoms with E-state index in [0.29, 0.717) is 17.2 Å². The number of nitrogen functional groups attached to an aromatic ring is 1. The van der Waals surface area contributed by atoms with Crippen LogP contribution in [0.5, 0.6) is 17.5 Å². The van der Waals surface area contributed by atoms with Crippen LogP contribution in [0.1, 0.15) is 0 Å². The second-order valence-corrected chi connectivity index (χ2v) is 3.73. The molecular weight excluding hydrogens is 262 g/mol. The van der Waals surface area contributed by atoms with Crippen LogP contribution in [0.15, 0.2) is 18.2 Å². The summed E-state index contributed by atoms with van der Waals surface area (Å²) in [6.45, 7) is 0. The molecule has 0 unspecified atom stereocenters. The van der Waals surface area contributed by atoms with Gasteiger partial charge < -0.3 is 25.3 Å². The molecule has 1 heterocycles. The zero-order valence-corrected chi connectivity index (χ0v) is 11.4. The minimum absolute atomic E-state index is 0.0641. The van der Waals surface area contributed by atoms with Crippen LogP contribution in [0.2, 0.25) is 0 Å². The van der Waals surface area contributed by atoms with Gasteiger partial charge in [0.05, 0.1) is 21.3 Å². The maximum atomic E-state index is 5.57. The lowest BCUT2D eigenvalue weighted by Gasteiger charge is -2.10. The molecule has 0 aliphatic carbocycles. The van der Waals surface area contributed by atoms with Gasteiger partial charge in [0.1, 0.15) is 11.5 Å². The van der Waals surface area contributed by atoms with Crippen molar-refractivity contribution in [3.63, 3.8) is 0 Å². The topological polar surface area (TPSA) is 104 Å². The van der Waals surface area contributed by atoms with Crippen molar-refractivity contribution >= 4 is 17.6 Å². The van der Waals surface area contributed by atoms with Gasteiger partial charge in [0.2, 0.25) is 11.9 Å². The van der Waals surface area contributed by atoms with Crippen molar-refractivity contribution in [3.05, 3.63) is 18.2 Å². The van der Waals surface area contributed by atoms with Crippen LogP contribution < -0.4 is 25.3 Å². The van der Waals surface area contributed by atoms with Gasteiger partial charge in [-0.15, -0.1) is 0 Å². The van der Waals surface area contributed by atoms with E-state index in [2.05, 4.69) is 20.3 Å². The summed E-state index contributed by atoms with van der Waals surface area (Å²) in [4.78, 5) is 11.8. The van der Waals surface area contributed by atoms with Gasteiger partial charge in [-0.1, -0.05) is 0 Å². The average Bonchev–Trinajstić information content (AvgIpc) is 2.46. The molecule has 0 fully saturated rings. The molecule has 2 rings (SSSR count). The van der Waals surface area contributed by atoms with Crippen LogP contribution in [-0.2, 0) is 0 Å². The molecule has 0 saturated carbocycles. The molecule has 0 bridgehead atoms. The number of hydrogen-bond acceptors (Lipinski definition) is 8. The molecule has 20 heavy (non-hydrogen) atoms. The van der Waals surface area contributed by atoms with E-state index in [0.717, 1.165) is 0 Å². The third-order valence-corrected chi connectivity index (χ3v) is 2.42. The summed E-state index contributed by atoms with van der Waals surface area (Å²) in [6.07, 6.45) is 0. The number of hydrogen-bond donors (Lipinski definition) is 2. The van der Waals surface area contributed by atoms with Crippen molar-refractivity contribution in [1.29, 1.82) is 0 Å². The highest BCUT2D eigenvalue weighted by atomic mass is 16.5. The Morgan fingerprint density at radius 3 is 2.10 bits per heavy atom. The van der Waals surface area contributed by atoms with E-state index in [-0.39, 0.29) is 17.9 Å². The Morgan fingerprint density at radius 2 is 1.55 bits per heavy atom. The first-order valence-electron chi connectivity index (χ1n) is 5.70. The molecule has 1 aromatic carbocycles. The van der Waals surface area contributed by atoms with Crippen molar-refractivity contribution in [2.75, 3.05) is 32.4 Å². The number of methoxy groups -OCH3 is 3. The Labute approximate surface area is 115 Å². The predicted octanol–water partition coefficient (Wildman–Crippen LogP) is 1.22. The fourth-order valence-electron chi connectivity index (χ4n) is 1.53. The Morgan fingerprint density at radius 1 is 0.900 bits per heavy atom. The molecule has 0 aliphatic rings. The number of benzene rings is 1. The quantitative estimate of drug-likeness (QED) is 0.840. The van der Waals surface area contributed by atoms with E-state index in [4.69, 9.17) is 19.9 Å². The summed E-state index contributed by atoms with van der Waals surface area (Å²) < 4.78 is 15.3. The highest BCUT2D eigenvalue weighted by Crippen LogP contribution is 2.27. The second-order valence-electron chi connectivity index (χ2n) is 3.73. The predicted molar refractivity (Wildman–Crippen MR) is 73.6 cm³/mol. The van der Waals surface area contributed by atoms with Crippen LogP contribution in [0.25, 0.3) is 0 Å². The molecule has 0 atom stereocenters. The number of nitrogens with two attached hydrogens (primary N) is 1. The summed E-state index contributed by atoms with van der Waals surface area (Å²) in [6, 6.07) is 5.44. The Kier molecular flexibility index (Phi) is 4.04. The summed E-state index contributed by atoms with van der Waals surface area (Å²) in [7, 11) is 4.60. The van der Waals surface area contributed by atoms with Crippen molar-refractivity contribution in [1.82, 2.24) is 15.0 Å². The van der Waals surface area contributed by atoms with Gasteiger partial charge in [-0.05, 0) is 0 Å². The van der Waals surface area contributed by atoms with Gasteiger partial charge in [0, 0.05) is 23.9 Å². The fourth-order valence-corrected chi connectivity index (χ4v) is 1.53.